The Kier molecular flexibility index (Phi) is 4.60. The summed E-state index contributed by atoms with van der Waals surface area (Å²) in [5, 5.41) is 12.4. The highest BCUT2D eigenvalue weighted by atomic mass is 15.3. The normalized spacial score (nSPS) is 11.5. The van der Waals surface area contributed by atoms with Crippen LogP contribution in [0, 0.1) is 19.8 Å². The highest BCUT2D eigenvalue weighted by Crippen LogP contribution is 2.09. The lowest BCUT2D eigenvalue weighted by Gasteiger charge is -2.06. The zero-order valence-electron chi connectivity index (χ0n) is 13.1. The van der Waals surface area contributed by atoms with Gasteiger partial charge in [-0.25, -0.2) is 0 Å². The first-order valence-electron chi connectivity index (χ1n) is 7.19. The zero-order chi connectivity index (χ0) is 14.7. The van der Waals surface area contributed by atoms with Crippen molar-refractivity contribution in [2.45, 2.75) is 40.8 Å². The van der Waals surface area contributed by atoms with E-state index in [1.807, 2.05) is 23.3 Å². The van der Waals surface area contributed by atoms with Crippen LogP contribution < -0.4 is 5.32 Å². The molecule has 5 nitrogen and oxygen atoms in total. The topological polar surface area (TPSA) is 47.7 Å². The standard InChI is InChI=1S/C15H25N5/c1-11(2)7-16-8-14-9-20(18-13(14)4)10-15-6-12(3)17-19(15)5/h6,9,11,16H,7-8,10H2,1-5H3. The molecule has 1 N–H and O–H groups in total. The van der Waals surface area contributed by atoms with Gasteiger partial charge in [0.2, 0.25) is 0 Å². The Bertz CT molecular complexity index is 565. The Labute approximate surface area is 121 Å². The summed E-state index contributed by atoms with van der Waals surface area (Å²) in [6, 6.07) is 2.10. The smallest absolute Gasteiger partial charge is 0.0828 e. The minimum Gasteiger partial charge on any atom is -0.312 e. The first-order valence-corrected chi connectivity index (χ1v) is 7.19. The molecule has 0 saturated carbocycles. The maximum atomic E-state index is 4.59. The van der Waals surface area contributed by atoms with Crippen LogP contribution in [0.25, 0.3) is 0 Å². The van der Waals surface area contributed by atoms with Gasteiger partial charge in [0, 0.05) is 25.4 Å². The monoisotopic (exact) mass is 275 g/mol. The third kappa shape index (κ3) is 3.70. The molecule has 2 rings (SSSR count). The molecule has 0 aliphatic carbocycles. The van der Waals surface area contributed by atoms with Crippen LogP contribution in [0.15, 0.2) is 12.3 Å². The molecule has 0 radical (unpaired) electrons. The first-order chi connectivity index (χ1) is 9.45. The van der Waals surface area contributed by atoms with Crippen LogP contribution >= 0.6 is 0 Å². The van der Waals surface area contributed by atoms with Gasteiger partial charge < -0.3 is 5.32 Å². The van der Waals surface area contributed by atoms with Gasteiger partial charge >= 0.3 is 0 Å². The van der Waals surface area contributed by atoms with Gasteiger partial charge in [0.15, 0.2) is 0 Å². The van der Waals surface area contributed by atoms with E-state index in [4.69, 9.17) is 0 Å². The molecule has 2 aromatic rings. The Morgan fingerprint density at radius 1 is 1.25 bits per heavy atom. The molecule has 0 aliphatic rings. The minimum absolute atomic E-state index is 0.669. The van der Waals surface area contributed by atoms with Crippen LogP contribution in [0.5, 0.6) is 0 Å². The van der Waals surface area contributed by atoms with E-state index < -0.39 is 0 Å². The lowest BCUT2D eigenvalue weighted by Crippen LogP contribution is -2.19. The molecule has 0 saturated heterocycles. The molecule has 0 aromatic carbocycles. The van der Waals surface area contributed by atoms with Gasteiger partial charge in [-0.15, -0.1) is 0 Å². The predicted octanol–water partition coefficient (Wildman–Crippen LogP) is 2.03. The average molecular weight is 275 g/mol. The molecule has 0 spiro atoms. The van der Waals surface area contributed by atoms with E-state index in [-0.39, 0.29) is 0 Å². The summed E-state index contributed by atoms with van der Waals surface area (Å²) in [6.07, 6.45) is 2.13. The third-order valence-corrected chi connectivity index (χ3v) is 3.34. The summed E-state index contributed by atoms with van der Waals surface area (Å²) in [5.74, 6) is 0.669. The Morgan fingerprint density at radius 2 is 2.00 bits per heavy atom. The van der Waals surface area contributed by atoms with Crippen molar-refractivity contribution >= 4 is 0 Å². The maximum absolute atomic E-state index is 4.59. The maximum Gasteiger partial charge on any atom is 0.0828 e. The fourth-order valence-corrected chi connectivity index (χ4v) is 2.29. The number of nitrogens with one attached hydrogen (secondary N) is 1. The Balaban J connectivity index is 2.01. The zero-order valence-corrected chi connectivity index (χ0v) is 13.1. The average Bonchev–Trinajstić information content (AvgIpc) is 2.83. The fourth-order valence-electron chi connectivity index (χ4n) is 2.29. The molecular formula is C15H25N5. The van der Waals surface area contributed by atoms with Crippen molar-refractivity contribution in [2.75, 3.05) is 6.54 Å². The highest BCUT2D eigenvalue weighted by molar-refractivity contribution is 5.16. The number of aromatic nitrogens is 4. The molecule has 5 heteroatoms. The molecule has 110 valence electrons. The number of aryl methyl sites for hydroxylation is 3. The van der Waals surface area contributed by atoms with E-state index in [1.165, 1.54) is 11.3 Å². The fraction of sp³-hybridized carbons (Fsp3) is 0.600. The highest BCUT2D eigenvalue weighted by Gasteiger charge is 2.08. The lowest BCUT2D eigenvalue weighted by molar-refractivity contribution is 0.551. The lowest BCUT2D eigenvalue weighted by atomic mass is 10.2. The SMILES string of the molecule is Cc1cc(Cn2cc(CNCC(C)C)c(C)n2)n(C)n1. The summed E-state index contributed by atoms with van der Waals surface area (Å²) in [5.41, 5.74) is 4.58. The summed E-state index contributed by atoms with van der Waals surface area (Å²) in [7, 11) is 1.98. The summed E-state index contributed by atoms with van der Waals surface area (Å²) >= 11 is 0. The largest absolute Gasteiger partial charge is 0.312 e. The van der Waals surface area contributed by atoms with Gasteiger partial charge in [0.1, 0.15) is 0 Å². The van der Waals surface area contributed by atoms with E-state index >= 15 is 0 Å². The third-order valence-electron chi connectivity index (χ3n) is 3.34. The molecular weight excluding hydrogens is 250 g/mol. The first kappa shape index (κ1) is 14.8. The van der Waals surface area contributed by atoms with E-state index in [0.29, 0.717) is 5.92 Å². The molecule has 0 atom stereocenters. The molecule has 20 heavy (non-hydrogen) atoms. The van der Waals surface area contributed by atoms with Crippen molar-refractivity contribution < 1.29 is 0 Å². The van der Waals surface area contributed by atoms with Crippen molar-refractivity contribution in [3.63, 3.8) is 0 Å². The van der Waals surface area contributed by atoms with Gasteiger partial charge in [-0.3, -0.25) is 9.36 Å². The van der Waals surface area contributed by atoms with Crippen LogP contribution in [-0.2, 0) is 20.1 Å². The van der Waals surface area contributed by atoms with E-state index in [2.05, 4.69) is 48.5 Å². The van der Waals surface area contributed by atoms with Crippen molar-refractivity contribution in [1.82, 2.24) is 24.9 Å². The molecule has 0 unspecified atom stereocenters. The van der Waals surface area contributed by atoms with Gasteiger partial charge in [-0.2, -0.15) is 10.2 Å². The molecule has 2 aromatic heterocycles. The van der Waals surface area contributed by atoms with Gasteiger partial charge in [0.25, 0.3) is 0 Å². The van der Waals surface area contributed by atoms with E-state index in [9.17, 15) is 0 Å². The second-order valence-electron chi connectivity index (χ2n) is 5.86. The van der Waals surface area contributed by atoms with Gasteiger partial charge in [0.05, 0.1) is 23.6 Å². The second-order valence-corrected chi connectivity index (χ2v) is 5.86. The predicted molar refractivity (Wildman–Crippen MR) is 80.6 cm³/mol. The van der Waals surface area contributed by atoms with Crippen LogP contribution in [0.1, 0.15) is 36.5 Å². The number of hydrogen-bond acceptors (Lipinski definition) is 3. The number of nitrogens with zero attached hydrogens (tertiary/aromatic N) is 4. The molecule has 2 heterocycles. The van der Waals surface area contributed by atoms with Crippen LogP contribution in [0.2, 0.25) is 0 Å². The van der Waals surface area contributed by atoms with E-state index in [0.717, 1.165) is 31.0 Å². The second kappa shape index (κ2) is 6.22. The number of rotatable bonds is 6. The molecule has 0 fully saturated rings. The van der Waals surface area contributed by atoms with Crippen molar-refractivity contribution in [1.29, 1.82) is 0 Å². The molecule has 0 amide bonds. The summed E-state index contributed by atoms with van der Waals surface area (Å²) in [6.45, 7) is 11.2. The Morgan fingerprint density at radius 3 is 2.60 bits per heavy atom. The summed E-state index contributed by atoms with van der Waals surface area (Å²) < 4.78 is 3.92. The summed E-state index contributed by atoms with van der Waals surface area (Å²) in [4.78, 5) is 0. The van der Waals surface area contributed by atoms with Crippen LogP contribution in [0.3, 0.4) is 0 Å². The quantitative estimate of drug-likeness (QED) is 0.877. The minimum atomic E-state index is 0.669. The number of hydrogen-bond donors (Lipinski definition) is 1. The van der Waals surface area contributed by atoms with E-state index in [1.54, 1.807) is 0 Å². The van der Waals surface area contributed by atoms with Crippen molar-refractivity contribution in [2.24, 2.45) is 13.0 Å². The van der Waals surface area contributed by atoms with Gasteiger partial charge in [-0.1, -0.05) is 13.8 Å². The molecule has 0 bridgehead atoms. The van der Waals surface area contributed by atoms with Gasteiger partial charge in [-0.05, 0) is 32.4 Å². The van der Waals surface area contributed by atoms with Crippen LogP contribution in [0.4, 0.5) is 0 Å². The molecule has 0 aliphatic heterocycles. The van der Waals surface area contributed by atoms with Crippen LogP contribution in [-0.4, -0.2) is 26.1 Å². The van der Waals surface area contributed by atoms with Crippen molar-refractivity contribution in [3.8, 4) is 0 Å². The Hall–Kier alpha value is -1.62. The van der Waals surface area contributed by atoms with Crippen molar-refractivity contribution in [3.05, 3.63) is 34.9 Å².